The Morgan fingerprint density at radius 2 is 1.75 bits per heavy atom. The van der Waals surface area contributed by atoms with Crippen molar-refractivity contribution in [3.05, 3.63) is 68.7 Å². The van der Waals surface area contributed by atoms with Crippen LogP contribution in [0.15, 0.2) is 42.5 Å². The van der Waals surface area contributed by atoms with Gasteiger partial charge in [-0.15, -0.1) is 0 Å². The van der Waals surface area contributed by atoms with Crippen molar-refractivity contribution in [3.8, 4) is 0 Å². The fourth-order valence-electron chi connectivity index (χ4n) is 3.01. The smallest absolute Gasteiger partial charge is 0.242 e. The van der Waals surface area contributed by atoms with Gasteiger partial charge in [0.2, 0.25) is 11.8 Å². The van der Waals surface area contributed by atoms with E-state index in [-0.39, 0.29) is 24.8 Å². The van der Waals surface area contributed by atoms with Crippen molar-refractivity contribution < 1.29 is 9.59 Å². The molecule has 2 aromatic rings. The first-order valence-electron chi connectivity index (χ1n) is 9.05. The largest absolute Gasteiger partial charge is 0.357 e. The Balaban J connectivity index is 2.23. The number of amides is 2. The fraction of sp³-hybridized carbons (Fsp3) is 0.333. The average Bonchev–Trinajstić information content (AvgIpc) is 2.69. The summed E-state index contributed by atoms with van der Waals surface area (Å²) in [7, 11) is 1.57. The van der Waals surface area contributed by atoms with Crippen molar-refractivity contribution in [1.29, 1.82) is 0 Å². The minimum absolute atomic E-state index is 0.124. The van der Waals surface area contributed by atoms with E-state index in [4.69, 9.17) is 34.8 Å². The van der Waals surface area contributed by atoms with Crippen LogP contribution in [-0.2, 0) is 22.6 Å². The van der Waals surface area contributed by atoms with Crippen LogP contribution in [0.25, 0.3) is 0 Å². The molecule has 0 aliphatic heterocycles. The van der Waals surface area contributed by atoms with Crippen molar-refractivity contribution in [1.82, 2.24) is 10.2 Å². The second-order valence-corrected chi connectivity index (χ2v) is 7.62. The molecule has 0 spiro atoms. The molecule has 0 aliphatic carbocycles. The van der Waals surface area contributed by atoms with Crippen LogP contribution in [0, 0.1) is 0 Å². The van der Waals surface area contributed by atoms with Crippen LogP contribution >= 0.6 is 34.8 Å². The first-order valence-corrected chi connectivity index (χ1v) is 10.2. The summed E-state index contributed by atoms with van der Waals surface area (Å²) in [6.45, 7) is 2.15. The number of carbonyl (C=O) groups excluding carboxylic acids is 2. The molecule has 0 saturated carbocycles. The van der Waals surface area contributed by atoms with E-state index in [1.807, 2.05) is 25.1 Å². The highest BCUT2D eigenvalue weighted by Crippen LogP contribution is 2.24. The third-order valence-corrected chi connectivity index (χ3v) is 5.64. The zero-order valence-corrected chi connectivity index (χ0v) is 18.1. The Hall–Kier alpha value is -1.75. The molecular formula is C21H23Cl3N2O2. The van der Waals surface area contributed by atoms with Crippen LogP contribution in [-0.4, -0.2) is 29.8 Å². The van der Waals surface area contributed by atoms with Crippen LogP contribution in [0.4, 0.5) is 0 Å². The molecule has 0 fully saturated rings. The first-order chi connectivity index (χ1) is 13.4. The summed E-state index contributed by atoms with van der Waals surface area (Å²) in [5, 5.41) is 4.13. The molecule has 0 radical (unpaired) electrons. The molecule has 1 atom stereocenters. The van der Waals surface area contributed by atoms with Crippen molar-refractivity contribution in [2.75, 3.05) is 7.05 Å². The maximum Gasteiger partial charge on any atom is 0.242 e. The van der Waals surface area contributed by atoms with Crippen LogP contribution in [0.5, 0.6) is 0 Å². The summed E-state index contributed by atoms with van der Waals surface area (Å²) >= 11 is 18.3. The highest BCUT2D eigenvalue weighted by atomic mass is 35.5. The van der Waals surface area contributed by atoms with Gasteiger partial charge in [-0.1, -0.05) is 66.0 Å². The molecule has 0 saturated heterocycles. The number of nitrogens with one attached hydrogen (secondary N) is 1. The zero-order chi connectivity index (χ0) is 20.7. The van der Waals surface area contributed by atoms with Gasteiger partial charge in [0.15, 0.2) is 0 Å². The third kappa shape index (κ3) is 5.87. The lowest BCUT2D eigenvalue weighted by atomic mass is 10.1. The molecule has 0 aliphatic rings. The normalized spacial score (nSPS) is 11.8. The number of nitrogens with zero attached hydrogens (tertiary/aromatic N) is 1. The van der Waals surface area contributed by atoms with Crippen LogP contribution in [0.3, 0.4) is 0 Å². The van der Waals surface area contributed by atoms with Gasteiger partial charge in [-0.25, -0.2) is 0 Å². The predicted molar refractivity (Wildman–Crippen MR) is 115 cm³/mol. The maximum absolute atomic E-state index is 13.0. The molecule has 28 heavy (non-hydrogen) atoms. The van der Waals surface area contributed by atoms with E-state index in [2.05, 4.69) is 5.32 Å². The van der Waals surface area contributed by atoms with Gasteiger partial charge in [0.05, 0.1) is 10.0 Å². The van der Waals surface area contributed by atoms with Crippen molar-refractivity contribution in [2.24, 2.45) is 0 Å². The number of hydrogen-bond donors (Lipinski definition) is 1. The van der Waals surface area contributed by atoms with Crippen molar-refractivity contribution >= 4 is 46.6 Å². The van der Waals surface area contributed by atoms with Crippen molar-refractivity contribution in [2.45, 2.75) is 38.8 Å². The summed E-state index contributed by atoms with van der Waals surface area (Å²) < 4.78 is 0. The van der Waals surface area contributed by atoms with Gasteiger partial charge in [-0.2, -0.15) is 0 Å². The van der Waals surface area contributed by atoms with E-state index in [0.717, 1.165) is 11.1 Å². The molecule has 150 valence electrons. The molecule has 7 heteroatoms. The van der Waals surface area contributed by atoms with Gasteiger partial charge >= 0.3 is 0 Å². The van der Waals surface area contributed by atoms with Gasteiger partial charge in [-0.3, -0.25) is 9.59 Å². The van der Waals surface area contributed by atoms with Crippen LogP contribution < -0.4 is 5.32 Å². The molecule has 4 nitrogen and oxygen atoms in total. The van der Waals surface area contributed by atoms with Crippen LogP contribution in [0.2, 0.25) is 15.1 Å². The Morgan fingerprint density at radius 1 is 1.04 bits per heavy atom. The zero-order valence-electron chi connectivity index (χ0n) is 15.8. The van der Waals surface area contributed by atoms with Gasteiger partial charge in [0, 0.05) is 25.0 Å². The summed E-state index contributed by atoms with van der Waals surface area (Å²) in [5.74, 6) is -0.324. The maximum atomic E-state index is 13.0. The van der Waals surface area contributed by atoms with Gasteiger partial charge in [0.25, 0.3) is 0 Å². The number of benzene rings is 2. The second-order valence-electron chi connectivity index (χ2n) is 6.40. The Bertz CT molecular complexity index is 842. The number of rotatable bonds is 8. The minimum Gasteiger partial charge on any atom is -0.357 e. The third-order valence-electron chi connectivity index (χ3n) is 4.54. The van der Waals surface area contributed by atoms with E-state index < -0.39 is 6.04 Å². The van der Waals surface area contributed by atoms with Gasteiger partial charge in [0.1, 0.15) is 6.04 Å². The predicted octanol–water partition coefficient (Wildman–Crippen LogP) is 5.13. The summed E-state index contributed by atoms with van der Waals surface area (Å²) in [4.78, 5) is 27.0. The Morgan fingerprint density at radius 3 is 2.36 bits per heavy atom. The fourth-order valence-corrected chi connectivity index (χ4v) is 3.56. The highest BCUT2D eigenvalue weighted by Gasteiger charge is 2.28. The average molecular weight is 442 g/mol. The molecule has 1 N–H and O–H groups in total. The molecule has 1 unspecified atom stereocenters. The lowest BCUT2D eigenvalue weighted by Crippen LogP contribution is -2.48. The monoisotopic (exact) mass is 440 g/mol. The van der Waals surface area contributed by atoms with E-state index in [1.54, 1.807) is 36.2 Å². The summed E-state index contributed by atoms with van der Waals surface area (Å²) in [6.07, 6.45) is 1.25. The number of halogens is 3. The highest BCUT2D eigenvalue weighted by molar-refractivity contribution is 6.42. The molecular weight excluding hydrogens is 419 g/mol. The first kappa shape index (κ1) is 22.5. The lowest BCUT2D eigenvalue weighted by molar-refractivity contribution is -0.141. The molecule has 2 rings (SSSR count). The lowest BCUT2D eigenvalue weighted by Gasteiger charge is -2.30. The number of aryl methyl sites for hydroxylation is 1. The van der Waals surface area contributed by atoms with Crippen molar-refractivity contribution in [3.63, 3.8) is 0 Å². The quantitative estimate of drug-likeness (QED) is 0.617. The van der Waals surface area contributed by atoms with Gasteiger partial charge in [-0.05, 0) is 42.2 Å². The van der Waals surface area contributed by atoms with E-state index >= 15 is 0 Å². The van der Waals surface area contributed by atoms with Crippen LogP contribution in [0.1, 0.15) is 30.9 Å². The molecule has 0 heterocycles. The second kappa shape index (κ2) is 10.7. The number of hydrogen-bond acceptors (Lipinski definition) is 2. The summed E-state index contributed by atoms with van der Waals surface area (Å²) in [5.41, 5.74) is 1.71. The topological polar surface area (TPSA) is 49.4 Å². The Labute approximate surface area is 180 Å². The summed E-state index contributed by atoms with van der Waals surface area (Å²) in [6, 6.07) is 12.1. The number of carbonyl (C=O) groups is 2. The molecule has 0 aromatic heterocycles. The number of likely N-dealkylation sites (N-methyl/N-ethyl adjacent to an activating group) is 1. The minimum atomic E-state index is -0.571. The van der Waals surface area contributed by atoms with E-state index in [9.17, 15) is 9.59 Å². The standard InChI is InChI=1S/C21H23Cl3N2O2/c1-3-19(21(28)25-2)26(13-14-8-10-17(23)18(24)12-14)20(27)11-9-15-6-4-5-7-16(15)22/h4-8,10,12,19H,3,9,11,13H2,1-2H3,(H,25,28). The molecule has 0 bridgehead atoms. The molecule has 2 amide bonds. The Kier molecular flexibility index (Phi) is 8.61. The SMILES string of the molecule is CCC(C(=O)NC)N(Cc1ccc(Cl)c(Cl)c1)C(=O)CCc1ccccc1Cl. The molecule has 2 aromatic carbocycles. The van der Waals surface area contributed by atoms with E-state index in [1.165, 1.54) is 0 Å². The van der Waals surface area contributed by atoms with E-state index in [0.29, 0.717) is 27.9 Å². The van der Waals surface area contributed by atoms with Gasteiger partial charge < -0.3 is 10.2 Å².